The SMILES string of the molecule is CC(C)c1cc(-c2c(F)cccc2F)nnc1C(C)c1cncc(-c2cnn(C[C@@H](O)C(F)(F)F)c2)n1. The van der Waals surface area contributed by atoms with Gasteiger partial charge in [-0.3, -0.25) is 9.67 Å². The number of halogens is 5. The molecule has 7 nitrogen and oxygen atoms in total. The van der Waals surface area contributed by atoms with Crippen molar-refractivity contribution in [2.75, 3.05) is 0 Å². The van der Waals surface area contributed by atoms with Crippen LogP contribution in [0.2, 0.25) is 0 Å². The van der Waals surface area contributed by atoms with Crippen molar-refractivity contribution in [3.63, 3.8) is 0 Å². The molecule has 0 radical (unpaired) electrons. The molecule has 4 aromatic rings. The van der Waals surface area contributed by atoms with Crippen molar-refractivity contribution in [3.05, 3.63) is 77.6 Å². The van der Waals surface area contributed by atoms with Gasteiger partial charge in [0.15, 0.2) is 6.10 Å². The van der Waals surface area contributed by atoms with E-state index in [0.29, 0.717) is 22.6 Å². The van der Waals surface area contributed by atoms with Crippen LogP contribution >= 0.6 is 0 Å². The lowest BCUT2D eigenvalue weighted by Gasteiger charge is -2.18. The molecule has 1 aromatic carbocycles. The van der Waals surface area contributed by atoms with Crippen LogP contribution in [0.4, 0.5) is 22.0 Å². The zero-order chi connectivity index (χ0) is 26.9. The molecule has 3 heterocycles. The molecular weight excluding hydrogens is 495 g/mol. The Bertz CT molecular complexity index is 1380. The molecule has 0 aliphatic carbocycles. The highest BCUT2D eigenvalue weighted by Gasteiger charge is 2.38. The zero-order valence-corrected chi connectivity index (χ0v) is 20.1. The number of aliphatic hydroxyl groups excluding tert-OH is 1. The summed E-state index contributed by atoms with van der Waals surface area (Å²) in [6, 6.07) is 5.19. The molecule has 37 heavy (non-hydrogen) atoms. The lowest BCUT2D eigenvalue weighted by atomic mass is 9.92. The van der Waals surface area contributed by atoms with Crippen molar-refractivity contribution in [1.82, 2.24) is 29.9 Å². The maximum atomic E-state index is 14.3. The average Bonchev–Trinajstić information content (AvgIpc) is 3.31. The number of benzene rings is 1. The first kappa shape index (κ1) is 26.3. The Morgan fingerprint density at radius 1 is 0.973 bits per heavy atom. The summed E-state index contributed by atoms with van der Waals surface area (Å²) in [6.07, 6.45) is -1.67. The molecule has 1 N–H and O–H groups in total. The average molecular weight is 518 g/mol. The number of aromatic nitrogens is 6. The van der Waals surface area contributed by atoms with Crippen molar-refractivity contribution in [2.45, 2.75) is 51.4 Å². The van der Waals surface area contributed by atoms with Crippen LogP contribution in [0, 0.1) is 11.6 Å². The molecule has 0 aliphatic heterocycles. The summed E-state index contributed by atoms with van der Waals surface area (Å²) in [5, 5.41) is 21.5. The molecule has 0 saturated carbocycles. The highest BCUT2D eigenvalue weighted by atomic mass is 19.4. The summed E-state index contributed by atoms with van der Waals surface area (Å²) < 4.78 is 67.6. The van der Waals surface area contributed by atoms with E-state index in [4.69, 9.17) is 0 Å². The van der Waals surface area contributed by atoms with Gasteiger partial charge in [-0.15, -0.1) is 0 Å². The molecule has 0 spiro atoms. The van der Waals surface area contributed by atoms with Gasteiger partial charge < -0.3 is 5.11 Å². The van der Waals surface area contributed by atoms with Gasteiger partial charge in [0.2, 0.25) is 0 Å². The molecule has 4 rings (SSSR count). The van der Waals surface area contributed by atoms with Gasteiger partial charge in [-0.05, 0) is 29.7 Å². The molecule has 0 saturated heterocycles. The van der Waals surface area contributed by atoms with Gasteiger partial charge in [0, 0.05) is 23.9 Å². The summed E-state index contributed by atoms with van der Waals surface area (Å²) in [5.41, 5.74) is 2.36. The summed E-state index contributed by atoms with van der Waals surface area (Å²) in [4.78, 5) is 8.79. The first-order valence-corrected chi connectivity index (χ1v) is 11.4. The second-order valence-electron chi connectivity index (χ2n) is 8.88. The van der Waals surface area contributed by atoms with Crippen LogP contribution < -0.4 is 0 Å². The number of hydrogen-bond donors (Lipinski definition) is 1. The van der Waals surface area contributed by atoms with Gasteiger partial charge >= 0.3 is 6.18 Å². The Morgan fingerprint density at radius 2 is 1.68 bits per heavy atom. The summed E-state index contributed by atoms with van der Waals surface area (Å²) in [6.45, 7) is 4.91. The van der Waals surface area contributed by atoms with E-state index >= 15 is 0 Å². The van der Waals surface area contributed by atoms with Crippen LogP contribution in [-0.2, 0) is 6.54 Å². The monoisotopic (exact) mass is 518 g/mol. The largest absolute Gasteiger partial charge is 0.416 e. The van der Waals surface area contributed by atoms with E-state index < -0.39 is 36.4 Å². The van der Waals surface area contributed by atoms with Crippen molar-refractivity contribution in [2.24, 2.45) is 0 Å². The van der Waals surface area contributed by atoms with Gasteiger partial charge in [-0.2, -0.15) is 28.5 Å². The standard InChI is InChI=1S/C25H23F5N6O/c1-13(2)16-7-19(23-17(26)5-4-6-18(23)27)34-35-24(16)14(3)20-9-31-10-21(33-20)15-8-32-36(11-15)12-22(37)25(28,29)30/h4-11,13-14,22,37H,12H2,1-3H3/t14?,22-/m1/s1. The fourth-order valence-corrected chi connectivity index (χ4v) is 3.82. The minimum absolute atomic E-state index is 0.0593. The van der Waals surface area contributed by atoms with E-state index in [2.05, 4.69) is 25.3 Å². The van der Waals surface area contributed by atoms with Crippen LogP contribution in [0.25, 0.3) is 22.5 Å². The van der Waals surface area contributed by atoms with E-state index in [-0.39, 0.29) is 17.2 Å². The fourth-order valence-electron chi connectivity index (χ4n) is 3.82. The topological polar surface area (TPSA) is 89.6 Å². The van der Waals surface area contributed by atoms with Crippen molar-refractivity contribution in [1.29, 1.82) is 0 Å². The molecule has 0 amide bonds. The van der Waals surface area contributed by atoms with Gasteiger partial charge in [-0.1, -0.05) is 26.8 Å². The third kappa shape index (κ3) is 5.63. The number of hydrogen-bond acceptors (Lipinski definition) is 6. The van der Waals surface area contributed by atoms with Crippen molar-refractivity contribution in [3.8, 4) is 22.5 Å². The second kappa shape index (κ2) is 10.3. The molecule has 2 atom stereocenters. The third-order valence-corrected chi connectivity index (χ3v) is 5.87. The van der Waals surface area contributed by atoms with E-state index in [1.165, 1.54) is 30.9 Å². The Labute approximate surface area is 209 Å². The number of alkyl halides is 3. The normalized spacial score (nSPS) is 13.7. The van der Waals surface area contributed by atoms with Crippen LogP contribution in [-0.4, -0.2) is 47.3 Å². The minimum Gasteiger partial charge on any atom is -0.382 e. The molecule has 0 bridgehead atoms. The van der Waals surface area contributed by atoms with Gasteiger partial charge in [0.25, 0.3) is 0 Å². The number of nitrogens with zero attached hydrogens (tertiary/aromatic N) is 6. The predicted octanol–water partition coefficient (Wildman–Crippen LogP) is 5.27. The van der Waals surface area contributed by atoms with Crippen LogP contribution in [0.5, 0.6) is 0 Å². The molecule has 3 aromatic heterocycles. The minimum atomic E-state index is -4.76. The second-order valence-corrected chi connectivity index (χ2v) is 8.88. The van der Waals surface area contributed by atoms with Crippen molar-refractivity contribution >= 4 is 0 Å². The summed E-state index contributed by atoms with van der Waals surface area (Å²) >= 11 is 0. The Morgan fingerprint density at radius 3 is 2.32 bits per heavy atom. The van der Waals surface area contributed by atoms with Crippen LogP contribution in [0.3, 0.4) is 0 Å². The number of rotatable bonds is 7. The smallest absolute Gasteiger partial charge is 0.382 e. The van der Waals surface area contributed by atoms with E-state index in [9.17, 15) is 27.1 Å². The van der Waals surface area contributed by atoms with E-state index in [1.807, 2.05) is 20.8 Å². The van der Waals surface area contributed by atoms with Crippen molar-refractivity contribution < 1.29 is 27.1 Å². The van der Waals surface area contributed by atoms with Gasteiger partial charge in [-0.25, -0.2) is 13.8 Å². The highest BCUT2D eigenvalue weighted by molar-refractivity contribution is 5.62. The molecule has 0 aliphatic rings. The lowest BCUT2D eigenvalue weighted by molar-refractivity contribution is -0.208. The predicted molar refractivity (Wildman–Crippen MR) is 124 cm³/mol. The molecule has 194 valence electrons. The Kier molecular flexibility index (Phi) is 7.30. The van der Waals surface area contributed by atoms with E-state index in [1.54, 1.807) is 6.07 Å². The zero-order valence-electron chi connectivity index (χ0n) is 20.1. The first-order valence-electron chi connectivity index (χ1n) is 11.4. The first-order chi connectivity index (χ1) is 17.5. The summed E-state index contributed by atoms with van der Waals surface area (Å²) in [5.74, 6) is -1.96. The Balaban J connectivity index is 1.65. The lowest BCUT2D eigenvalue weighted by Crippen LogP contribution is -2.32. The third-order valence-electron chi connectivity index (χ3n) is 5.87. The van der Waals surface area contributed by atoms with Crippen LogP contribution in [0.15, 0.2) is 49.1 Å². The van der Waals surface area contributed by atoms with Gasteiger partial charge in [0.05, 0.1) is 47.3 Å². The summed E-state index contributed by atoms with van der Waals surface area (Å²) in [7, 11) is 0. The quantitative estimate of drug-likeness (QED) is 0.335. The van der Waals surface area contributed by atoms with E-state index in [0.717, 1.165) is 22.4 Å². The molecule has 0 fully saturated rings. The fraction of sp³-hybridized carbons (Fsp3) is 0.320. The highest BCUT2D eigenvalue weighted by Crippen LogP contribution is 2.33. The molecular formula is C25H23F5N6O. The Hall–Kier alpha value is -3.80. The number of aliphatic hydroxyl groups is 1. The van der Waals surface area contributed by atoms with Gasteiger partial charge in [0.1, 0.15) is 11.6 Å². The maximum absolute atomic E-state index is 14.3. The maximum Gasteiger partial charge on any atom is 0.416 e. The molecule has 12 heteroatoms. The van der Waals surface area contributed by atoms with Crippen LogP contribution in [0.1, 0.15) is 49.6 Å². The molecule has 1 unspecified atom stereocenters.